The van der Waals surface area contributed by atoms with Crippen LogP contribution in [-0.4, -0.2) is 0 Å². The summed E-state index contributed by atoms with van der Waals surface area (Å²) < 4.78 is 27.0. The Morgan fingerprint density at radius 3 is 2.31 bits per heavy atom. The third-order valence-electron chi connectivity index (χ3n) is 2.25. The summed E-state index contributed by atoms with van der Waals surface area (Å²) in [6, 6.07) is 8.33. The molecule has 82 valence electrons. The summed E-state index contributed by atoms with van der Waals surface area (Å²) in [5.41, 5.74) is 6.06. The van der Waals surface area contributed by atoms with Crippen molar-refractivity contribution in [2.24, 2.45) is 0 Å². The van der Waals surface area contributed by atoms with Gasteiger partial charge in [0.15, 0.2) is 0 Å². The van der Waals surface area contributed by atoms with E-state index in [9.17, 15) is 8.78 Å². The molecule has 0 aliphatic rings. The molecule has 0 heterocycles. The van der Waals surface area contributed by atoms with E-state index >= 15 is 0 Å². The molecule has 2 rings (SSSR count). The average Bonchev–Trinajstić information content (AvgIpc) is 2.25. The molecule has 1 nitrogen and oxygen atoms in total. The van der Waals surface area contributed by atoms with Gasteiger partial charge in [-0.05, 0) is 18.2 Å². The fourth-order valence-corrected chi connectivity index (χ4v) is 1.60. The molecule has 2 aromatic rings. The van der Waals surface area contributed by atoms with Crippen molar-refractivity contribution >= 4 is 17.3 Å². The lowest BCUT2D eigenvalue weighted by Gasteiger charge is -2.07. The maximum atomic E-state index is 13.6. The van der Waals surface area contributed by atoms with Gasteiger partial charge < -0.3 is 5.73 Å². The summed E-state index contributed by atoms with van der Waals surface area (Å²) in [6.07, 6.45) is 0. The van der Waals surface area contributed by atoms with Gasteiger partial charge in [-0.1, -0.05) is 29.8 Å². The van der Waals surface area contributed by atoms with Gasteiger partial charge in [0, 0.05) is 11.1 Å². The summed E-state index contributed by atoms with van der Waals surface area (Å²) in [7, 11) is 0. The first kappa shape index (κ1) is 10.9. The zero-order chi connectivity index (χ0) is 11.7. The normalized spacial score (nSPS) is 10.4. The largest absolute Gasteiger partial charge is 0.398 e. The third kappa shape index (κ3) is 1.86. The molecule has 2 N–H and O–H groups in total. The highest BCUT2D eigenvalue weighted by Crippen LogP contribution is 2.31. The SMILES string of the molecule is Nc1cc(-c2ccccc2F)c(F)cc1Cl. The Labute approximate surface area is 96.5 Å². The fraction of sp³-hybridized carbons (Fsp3) is 0. The van der Waals surface area contributed by atoms with E-state index in [4.69, 9.17) is 17.3 Å². The molecule has 2 aromatic carbocycles. The van der Waals surface area contributed by atoms with Crippen molar-refractivity contribution in [2.45, 2.75) is 0 Å². The summed E-state index contributed by atoms with van der Waals surface area (Å²) in [5, 5.41) is 0.123. The van der Waals surface area contributed by atoms with Crippen molar-refractivity contribution in [3.8, 4) is 11.1 Å². The molecule has 0 amide bonds. The molecular formula is C12H8ClF2N. The first-order valence-corrected chi connectivity index (χ1v) is 4.97. The van der Waals surface area contributed by atoms with Crippen molar-refractivity contribution < 1.29 is 8.78 Å². The molecular weight excluding hydrogens is 232 g/mol. The molecule has 0 aliphatic heterocycles. The second kappa shape index (κ2) is 4.10. The number of halogens is 3. The highest BCUT2D eigenvalue weighted by atomic mass is 35.5. The van der Waals surface area contributed by atoms with E-state index in [2.05, 4.69) is 0 Å². The number of nitrogen functional groups attached to an aromatic ring is 1. The van der Waals surface area contributed by atoms with Gasteiger partial charge >= 0.3 is 0 Å². The lowest BCUT2D eigenvalue weighted by atomic mass is 10.0. The molecule has 0 saturated carbocycles. The Kier molecular flexibility index (Phi) is 2.79. The van der Waals surface area contributed by atoms with E-state index in [-0.39, 0.29) is 21.8 Å². The predicted octanol–water partition coefficient (Wildman–Crippen LogP) is 3.87. The van der Waals surface area contributed by atoms with Crippen LogP contribution >= 0.6 is 11.6 Å². The highest BCUT2D eigenvalue weighted by molar-refractivity contribution is 6.33. The summed E-state index contributed by atoms with van der Waals surface area (Å²) >= 11 is 5.65. The standard InChI is InChI=1S/C12H8ClF2N/c13-9-6-11(15)8(5-12(9)16)7-3-1-2-4-10(7)14/h1-6H,16H2. The quantitative estimate of drug-likeness (QED) is 0.751. The zero-order valence-electron chi connectivity index (χ0n) is 8.18. The highest BCUT2D eigenvalue weighted by Gasteiger charge is 2.11. The number of hydrogen-bond donors (Lipinski definition) is 1. The molecule has 4 heteroatoms. The Morgan fingerprint density at radius 2 is 1.62 bits per heavy atom. The van der Waals surface area contributed by atoms with E-state index < -0.39 is 11.6 Å². The van der Waals surface area contributed by atoms with Crippen LogP contribution in [0.5, 0.6) is 0 Å². The first-order valence-electron chi connectivity index (χ1n) is 4.59. The predicted molar refractivity (Wildman–Crippen MR) is 61.2 cm³/mol. The topological polar surface area (TPSA) is 26.0 Å². The van der Waals surface area contributed by atoms with Crippen molar-refractivity contribution in [1.29, 1.82) is 0 Å². The monoisotopic (exact) mass is 239 g/mol. The van der Waals surface area contributed by atoms with Gasteiger partial charge in [-0.15, -0.1) is 0 Å². The smallest absolute Gasteiger partial charge is 0.132 e. The molecule has 0 bridgehead atoms. The van der Waals surface area contributed by atoms with Crippen molar-refractivity contribution in [3.63, 3.8) is 0 Å². The summed E-state index contributed by atoms with van der Waals surface area (Å²) in [6.45, 7) is 0. The molecule has 0 aromatic heterocycles. The van der Waals surface area contributed by atoms with Crippen LogP contribution in [0.25, 0.3) is 11.1 Å². The number of benzene rings is 2. The van der Waals surface area contributed by atoms with Crippen LogP contribution in [0, 0.1) is 11.6 Å². The van der Waals surface area contributed by atoms with Gasteiger partial charge in [-0.2, -0.15) is 0 Å². The van der Waals surface area contributed by atoms with Crippen LogP contribution in [0.2, 0.25) is 5.02 Å². The van der Waals surface area contributed by atoms with E-state index in [1.807, 2.05) is 0 Å². The average molecular weight is 240 g/mol. The lowest BCUT2D eigenvalue weighted by molar-refractivity contribution is 0.616. The van der Waals surface area contributed by atoms with E-state index in [0.717, 1.165) is 6.07 Å². The van der Waals surface area contributed by atoms with E-state index in [0.29, 0.717) is 0 Å². The number of hydrogen-bond acceptors (Lipinski definition) is 1. The van der Waals surface area contributed by atoms with Gasteiger partial charge in [-0.3, -0.25) is 0 Å². The number of anilines is 1. The van der Waals surface area contributed by atoms with E-state index in [1.165, 1.54) is 24.3 Å². The molecule has 0 saturated heterocycles. The minimum absolute atomic E-state index is 0.111. The molecule has 0 fully saturated rings. The molecule has 16 heavy (non-hydrogen) atoms. The van der Waals surface area contributed by atoms with E-state index in [1.54, 1.807) is 6.07 Å². The van der Waals surface area contributed by atoms with Gasteiger partial charge in [-0.25, -0.2) is 8.78 Å². The summed E-state index contributed by atoms with van der Waals surface area (Å²) in [5.74, 6) is -1.09. The lowest BCUT2D eigenvalue weighted by Crippen LogP contribution is -1.93. The Hall–Kier alpha value is -1.61. The minimum atomic E-state index is -0.593. The zero-order valence-corrected chi connectivity index (χ0v) is 8.93. The maximum Gasteiger partial charge on any atom is 0.132 e. The molecule has 0 spiro atoms. The van der Waals surface area contributed by atoms with Crippen LogP contribution in [0.15, 0.2) is 36.4 Å². The molecule has 0 unspecified atom stereocenters. The Morgan fingerprint density at radius 1 is 0.938 bits per heavy atom. The number of rotatable bonds is 1. The van der Waals surface area contributed by atoms with Gasteiger partial charge in [0.05, 0.1) is 10.7 Å². The van der Waals surface area contributed by atoms with Gasteiger partial charge in [0.25, 0.3) is 0 Å². The van der Waals surface area contributed by atoms with Crippen molar-refractivity contribution in [2.75, 3.05) is 5.73 Å². The first-order chi connectivity index (χ1) is 7.59. The molecule has 0 radical (unpaired) electrons. The summed E-state index contributed by atoms with van der Waals surface area (Å²) in [4.78, 5) is 0. The van der Waals surface area contributed by atoms with Gasteiger partial charge in [0.1, 0.15) is 11.6 Å². The third-order valence-corrected chi connectivity index (χ3v) is 2.58. The number of nitrogens with two attached hydrogens (primary N) is 1. The maximum absolute atomic E-state index is 13.6. The van der Waals surface area contributed by atoms with Crippen LogP contribution in [0.4, 0.5) is 14.5 Å². The molecule has 0 atom stereocenters. The second-order valence-electron chi connectivity index (χ2n) is 3.33. The second-order valence-corrected chi connectivity index (χ2v) is 3.74. The van der Waals surface area contributed by atoms with Crippen molar-refractivity contribution in [1.82, 2.24) is 0 Å². The Bertz CT molecular complexity index is 541. The molecule has 0 aliphatic carbocycles. The minimum Gasteiger partial charge on any atom is -0.398 e. The van der Waals surface area contributed by atoms with Crippen LogP contribution in [0.1, 0.15) is 0 Å². The Balaban J connectivity index is 2.65. The van der Waals surface area contributed by atoms with Crippen molar-refractivity contribution in [3.05, 3.63) is 53.1 Å². The van der Waals surface area contributed by atoms with Crippen LogP contribution in [0.3, 0.4) is 0 Å². The van der Waals surface area contributed by atoms with Crippen LogP contribution < -0.4 is 5.73 Å². The van der Waals surface area contributed by atoms with Gasteiger partial charge in [0.2, 0.25) is 0 Å². The van der Waals surface area contributed by atoms with Crippen LogP contribution in [-0.2, 0) is 0 Å². The fourth-order valence-electron chi connectivity index (χ4n) is 1.45.